The third-order valence-electron chi connectivity index (χ3n) is 4.99. The van der Waals surface area contributed by atoms with Crippen molar-refractivity contribution in [2.75, 3.05) is 10.2 Å². The summed E-state index contributed by atoms with van der Waals surface area (Å²) in [5.41, 5.74) is 0.513. The van der Waals surface area contributed by atoms with E-state index in [2.05, 4.69) is 15.3 Å². The average molecular weight is 343 g/mol. The fourth-order valence-corrected chi connectivity index (χ4v) is 3.71. The smallest absolute Gasteiger partial charge is 0.238 e. The lowest BCUT2D eigenvalue weighted by Crippen LogP contribution is -2.53. The molecule has 0 saturated heterocycles. The number of aromatic nitrogens is 2. The van der Waals surface area contributed by atoms with Gasteiger partial charge in [0.2, 0.25) is 5.91 Å². The highest BCUT2D eigenvalue weighted by atomic mass is 35.5. The Morgan fingerprint density at radius 3 is 2.79 bits per heavy atom. The van der Waals surface area contributed by atoms with E-state index in [1.165, 1.54) is 0 Å². The standard InChI is InChI=1S/C18H19ClN4O/c1-18(2)13-5-4-8-20-16(13)23(17(18)24)12-9-11(10-12)21-15-7-3-6-14(19)22-15/h3-8,11-12H,9-10H2,1-2H3,(H,21,22)/t11-,12-. The second-order valence-electron chi connectivity index (χ2n) is 6.99. The van der Waals surface area contributed by atoms with E-state index < -0.39 is 5.41 Å². The van der Waals surface area contributed by atoms with Gasteiger partial charge in [-0.3, -0.25) is 9.69 Å². The highest BCUT2D eigenvalue weighted by Gasteiger charge is 2.50. The molecule has 1 aliphatic heterocycles. The molecule has 0 unspecified atom stereocenters. The largest absolute Gasteiger partial charge is 0.367 e. The van der Waals surface area contributed by atoms with E-state index >= 15 is 0 Å². The fourth-order valence-electron chi connectivity index (χ4n) is 3.54. The highest BCUT2D eigenvalue weighted by Crippen LogP contribution is 2.44. The summed E-state index contributed by atoms with van der Waals surface area (Å²) in [4.78, 5) is 23.5. The van der Waals surface area contributed by atoms with Crippen LogP contribution < -0.4 is 10.2 Å². The van der Waals surface area contributed by atoms with Crippen molar-refractivity contribution in [1.82, 2.24) is 9.97 Å². The summed E-state index contributed by atoms with van der Waals surface area (Å²) in [5.74, 6) is 1.73. The lowest BCUT2D eigenvalue weighted by atomic mass is 9.84. The molecule has 0 radical (unpaired) electrons. The van der Waals surface area contributed by atoms with Gasteiger partial charge >= 0.3 is 0 Å². The van der Waals surface area contributed by atoms with Crippen LogP contribution in [0.25, 0.3) is 0 Å². The van der Waals surface area contributed by atoms with Gasteiger partial charge in [-0.15, -0.1) is 0 Å². The van der Waals surface area contributed by atoms with E-state index in [9.17, 15) is 4.79 Å². The average Bonchev–Trinajstić information content (AvgIpc) is 2.71. The molecule has 0 aromatic carbocycles. The topological polar surface area (TPSA) is 58.1 Å². The van der Waals surface area contributed by atoms with Gasteiger partial charge in [-0.2, -0.15) is 0 Å². The first kappa shape index (κ1) is 15.4. The van der Waals surface area contributed by atoms with Crippen molar-refractivity contribution in [3.05, 3.63) is 47.2 Å². The Bertz CT molecular complexity index is 801. The van der Waals surface area contributed by atoms with E-state index in [1.807, 2.05) is 43.0 Å². The molecule has 1 amide bonds. The van der Waals surface area contributed by atoms with Crippen molar-refractivity contribution in [1.29, 1.82) is 0 Å². The van der Waals surface area contributed by atoms with Crippen LogP contribution in [0.15, 0.2) is 36.5 Å². The van der Waals surface area contributed by atoms with E-state index in [0.717, 1.165) is 30.0 Å². The normalized spacial score (nSPS) is 24.5. The molecule has 3 heterocycles. The Hall–Kier alpha value is -2.14. The number of nitrogens with one attached hydrogen (secondary N) is 1. The van der Waals surface area contributed by atoms with Crippen molar-refractivity contribution in [3.63, 3.8) is 0 Å². The summed E-state index contributed by atoms with van der Waals surface area (Å²) < 4.78 is 0. The summed E-state index contributed by atoms with van der Waals surface area (Å²) in [6.07, 6.45) is 3.52. The fraction of sp³-hybridized carbons (Fsp3) is 0.389. The molecule has 1 fully saturated rings. The number of nitrogens with zero attached hydrogens (tertiary/aromatic N) is 3. The van der Waals surface area contributed by atoms with Crippen molar-refractivity contribution < 1.29 is 4.79 Å². The second-order valence-corrected chi connectivity index (χ2v) is 7.37. The van der Waals surface area contributed by atoms with Crippen molar-refractivity contribution in [2.45, 2.75) is 44.2 Å². The minimum atomic E-state index is -0.503. The van der Waals surface area contributed by atoms with Gasteiger partial charge in [0.1, 0.15) is 16.8 Å². The molecule has 24 heavy (non-hydrogen) atoms. The van der Waals surface area contributed by atoms with E-state index in [1.54, 1.807) is 12.3 Å². The van der Waals surface area contributed by atoms with E-state index in [-0.39, 0.29) is 11.9 Å². The van der Waals surface area contributed by atoms with Crippen LogP contribution in [0.2, 0.25) is 5.15 Å². The maximum absolute atomic E-state index is 12.9. The SMILES string of the molecule is CC1(C)C(=O)N([C@H]2C[C@H](Nc3cccc(Cl)n3)C2)c2ncccc21. The zero-order valence-electron chi connectivity index (χ0n) is 13.7. The Labute approximate surface area is 146 Å². The van der Waals surface area contributed by atoms with Crippen LogP contribution in [0.5, 0.6) is 0 Å². The summed E-state index contributed by atoms with van der Waals surface area (Å²) in [6.45, 7) is 3.94. The first-order chi connectivity index (χ1) is 11.5. The molecule has 1 N–H and O–H groups in total. The number of carbonyl (C=O) groups is 1. The maximum Gasteiger partial charge on any atom is 0.238 e. The first-order valence-corrected chi connectivity index (χ1v) is 8.53. The monoisotopic (exact) mass is 342 g/mol. The van der Waals surface area contributed by atoms with Gasteiger partial charge in [0.05, 0.1) is 5.41 Å². The molecule has 2 aromatic rings. The minimum Gasteiger partial charge on any atom is -0.367 e. The van der Waals surface area contributed by atoms with Crippen LogP contribution in [0.3, 0.4) is 0 Å². The second kappa shape index (κ2) is 5.45. The Balaban J connectivity index is 1.48. The predicted octanol–water partition coefficient (Wildman–Crippen LogP) is 3.40. The Kier molecular flexibility index (Phi) is 3.49. The molecule has 0 atom stereocenters. The molecule has 0 spiro atoms. The molecular formula is C18H19ClN4O. The number of hydrogen-bond donors (Lipinski definition) is 1. The highest BCUT2D eigenvalue weighted by molar-refractivity contribution is 6.29. The van der Waals surface area contributed by atoms with Gasteiger partial charge < -0.3 is 5.32 Å². The lowest BCUT2D eigenvalue weighted by Gasteiger charge is -2.41. The predicted molar refractivity (Wildman–Crippen MR) is 94.4 cm³/mol. The van der Waals surface area contributed by atoms with E-state index in [4.69, 9.17) is 11.6 Å². The van der Waals surface area contributed by atoms with Crippen LogP contribution in [0.4, 0.5) is 11.6 Å². The van der Waals surface area contributed by atoms with Crippen molar-refractivity contribution in [3.8, 4) is 0 Å². The van der Waals surface area contributed by atoms with Crippen LogP contribution >= 0.6 is 11.6 Å². The number of anilines is 2. The molecule has 2 aliphatic rings. The van der Waals surface area contributed by atoms with Gasteiger partial charge in [0.25, 0.3) is 0 Å². The number of amides is 1. The summed E-state index contributed by atoms with van der Waals surface area (Å²) in [7, 11) is 0. The lowest BCUT2D eigenvalue weighted by molar-refractivity contribution is -0.122. The molecule has 1 saturated carbocycles. The number of rotatable bonds is 3. The molecule has 5 nitrogen and oxygen atoms in total. The van der Waals surface area contributed by atoms with Gasteiger partial charge in [0.15, 0.2) is 0 Å². The Morgan fingerprint density at radius 2 is 2.04 bits per heavy atom. The molecule has 0 bridgehead atoms. The minimum absolute atomic E-state index is 0.139. The molecule has 6 heteroatoms. The van der Waals surface area contributed by atoms with Crippen LogP contribution in [-0.2, 0) is 10.2 Å². The molecular weight excluding hydrogens is 324 g/mol. The molecule has 1 aliphatic carbocycles. The summed E-state index contributed by atoms with van der Waals surface area (Å²) >= 11 is 5.92. The van der Waals surface area contributed by atoms with Gasteiger partial charge in [0, 0.05) is 23.8 Å². The zero-order valence-corrected chi connectivity index (χ0v) is 14.4. The van der Waals surface area contributed by atoms with Gasteiger partial charge in [-0.1, -0.05) is 23.7 Å². The Morgan fingerprint density at radius 1 is 1.25 bits per heavy atom. The number of halogens is 1. The number of pyridine rings is 2. The number of carbonyl (C=O) groups excluding carboxylic acids is 1. The molecule has 124 valence electrons. The van der Waals surface area contributed by atoms with Crippen LogP contribution in [-0.4, -0.2) is 28.0 Å². The quantitative estimate of drug-likeness (QED) is 0.868. The van der Waals surface area contributed by atoms with E-state index in [0.29, 0.717) is 11.2 Å². The maximum atomic E-state index is 12.9. The third-order valence-corrected chi connectivity index (χ3v) is 5.20. The van der Waals surface area contributed by atoms with Crippen molar-refractivity contribution >= 4 is 29.1 Å². The number of hydrogen-bond acceptors (Lipinski definition) is 4. The molecule has 4 rings (SSSR count). The zero-order chi connectivity index (χ0) is 16.9. The van der Waals surface area contributed by atoms with Crippen molar-refractivity contribution in [2.24, 2.45) is 0 Å². The van der Waals surface area contributed by atoms with Gasteiger partial charge in [-0.25, -0.2) is 9.97 Å². The van der Waals surface area contributed by atoms with Crippen LogP contribution in [0, 0.1) is 0 Å². The number of fused-ring (bicyclic) bond motifs is 1. The first-order valence-electron chi connectivity index (χ1n) is 8.15. The molecule has 2 aromatic heterocycles. The van der Waals surface area contributed by atoms with Crippen LogP contribution in [0.1, 0.15) is 32.3 Å². The van der Waals surface area contributed by atoms with Gasteiger partial charge in [-0.05, 0) is 44.9 Å². The summed E-state index contributed by atoms with van der Waals surface area (Å²) in [6, 6.07) is 9.91. The summed E-state index contributed by atoms with van der Waals surface area (Å²) in [5, 5.41) is 3.86. The third kappa shape index (κ3) is 2.35.